The van der Waals surface area contributed by atoms with Gasteiger partial charge in [0.05, 0.1) is 6.61 Å². The van der Waals surface area contributed by atoms with Crippen molar-refractivity contribution in [1.29, 1.82) is 5.26 Å². The first kappa shape index (κ1) is 12.5. The third kappa shape index (κ3) is 3.21. The highest BCUT2D eigenvalue weighted by Crippen LogP contribution is 2.24. The number of rotatable bonds is 3. The van der Waals surface area contributed by atoms with E-state index < -0.39 is 5.97 Å². The van der Waals surface area contributed by atoms with Gasteiger partial charge in [-0.25, -0.2) is 4.79 Å². The second-order valence-corrected chi connectivity index (χ2v) is 3.72. The van der Waals surface area contributed by atoms with Gasteiger partial charge in [-0.05, 0) is 31.8 Å². The van der Waals surface area contributed by atoms with Crippen LogP contribution in [-0.4, -0.2) is 24.3 Å². The predicted octanol–water partition coefficient (Wildman–Crippen LogP) is 1.47. The highest BCUT2D eigenvalue weighted by Gasteiger charge is 2.17. The molecule has 0 spiro atoms. The molecule has 0 aromatic rings. The van der Waals surface area contributed by atoms with Crippen molar-refractivity contribution in [2.75, 3.05) is 13.2 Å². The van der Waals surface area contributed by atoms with Gasteiger partial charge in [0.25, 0.3) is 0 Å². The number of carbonyl (C=O) groups excluding carboxylic acids is 1. The number of hydrogen-bond donors (Lipinski definition) is 1. The van der Waals surface area contributed by atoms with Gasteiger partial charge in [0, 0.05) is 0 Å². The van der Waals surface area contributed by atoms with Crippen molar-refractivity contribution in [3.8, 4) is 6.07 Å². The highest BCUT2D eigenvalue weighted by atomic mass is 16.5. The van der Waals surface area contributed by atoms with E-state index >= 15 is 0 Å². The standard InChI is InChI=1S/C12H15NO3/c1-9-3-2-4-10(7-9)11(8-13)12(15)16-6-5-14/h7,14H,2-6H2,1H3/b11-10-. The second-order valence-electron chi connectivity index (χ2n) is 3.72. The summed E-state index contributed by atoms with van der Waals surface area (Å²) in [6.07, 6.45) is 4.57. The van der Waals surface area contributed by atoms with E-state index in [0.29, 0.717) is 0 Å². The molecule has 4 heteroatoms. The summed E-state index contributed by atoms with van der Waals surface area (Å²) in [5, 5.41) is 17.5. The quantitative estimate of drug-likeness (QED) is 0.445. The minimum atomic E-state index is -0.641. The maximum atomic E-state index is 11.5. The smallest absolute Gasteiger partial charge is 0.349 e. The zero-order valence-corrected chi connectivity index (χ0v) is 9.32. The molecule has 0 aromatic heterocycles. The lowest BCUT2D eigenvalue weighted by Gasteiger charge is -2.13. The van der Waals surface area contributed by atoms with Crippen LogP contribution in [0.3, 0.4) is 0 Å². The number of esters is 1. The maximum Gasteiger partial charge on any atom is 0.349 e. The molecule has 0 saturated carbocycles. The van der Waals surface area contributed by atoms with E-state index in [9.17, 15) is 4.79 Å². The van der Waals surface area contributed by atoms with Crippen molar-refractivity contribution in [1.82, 2.24) is 0 Å². The van der Waals surface area contributed by atoms with E-state index in [-0.39, 0.29) is 18.8 Å². The summed E-state index contributed by atoms with van der Waals surface area (Å²) in [7, 11) is 0. The molecule has 0 aliphatic heterocycles. The summed E-state index contributed by atoms with van der Waals surface area (Å²) >= 11 is 0. The van der Waals surface area contributed by atoms with E-state index in [1.807, 2.05) is 19.1 Å². The summed E-state index contributed by atoms with van der Waals surface area (Å²) in [6, 6.07) is 1.88. The largest absolute Gasteiger partial charge is 0.459 e. The Bertz CT molecular complexity index is 374. The van der Waals surface area contributed by atoms with Gasteiger partial charge in [-0.3, -0.25) is 0 Å². The average Bonchev–Trinajstić information content (AvgIpc) is 2.27. The Hall–Kier alpha value is -1.60. The Morgan fingerprint density at radius 1 is 1.62 bits per heavy atom. The van der Waals surface area contributed by atoms with Crippen LogP contribution in [-0.2, 0) is 9.53 Å². The van der Waals surface area contributed by atoms with Gasteiger partial charge in [-0.2, -0.15) is 5.26 Å². The fraction of sp³-hybridized carbons (Fsp3) is 0.500. The van der Waals surface area contributed by atoms with E-state index in [1.165, 1.54) is 5.57 Å². The Morgan fingerprint density at radius 2 is 2.38 bits per heavy atom. The van der Waals surface area contributed by atoms with Crippen LogP contribution in [0.25, 0.3) is 0 Å². The molecule has 1 N–H and O–H groups in total. The van der Waals surface area contributed by atoms with E-state index in [4.69, 9.17) is 15.1 Å². The number of aliphatic hydroxyl groups excluding tert-OH is 1. The van der Waals surface area contributed by atoms with Crippen LogP contribution in [0.5, 0.6) is 0 Å². The molecule has 0 saturated heterocycles. The molecular formula is C12H15NO3. The molecule has 16 heavy (non-hydrogen) atoms. The van der Waals surface area contributed by atoms with Crippen LogP contribution < -0.4 is 0 Å². The predicted molar refractivity (Wildman–Crippen MR) is 58.3 cm³/mol. The molecule has 1 rings (SSSR count). The van der Waals surface area contributed by atoms with E-state index in [2.05, 4.69) is 0 Å². The fourth-order valence-electron chi connectivity index (χ4n) is 1.66. The molecule has 0 atom stereocenters. The van der Waals surface area contributed by atoms with Crippen molar-refractivity contribution in [3.63, 3.8) is 0 Å². The molecule has 0 unspecified atom stereocenters. The minimum absolute atomic E-state index is 0.0625. The summed E-state index contributed by atoms with van der Waals surface area (Å²) in [6.45, 7) is 1.68. The third-order valence-corrected chi connectivity index (χ3v) is 2.40. The Morgan fingerprint density at radius 3 is 2.94 bits per heavy atom. The lowest BCUT2D eigenvalue weighted by molar-refractivity contribution is -0.139. The number of ether oxygens (including phenoxy) is 1. The number of nitrogens with zero attached hydrogens (tertiary/aromatic N) is 1. The zero-order valence-electron chi connectivity index (χ0n) is 9.32. The Balaban J connectivity index is 2.88. The topological polar surface area (TPSA) is 70.3 Å². The van der Waals surface area contributed by atoms with Crippen LogP contribution in [0.4, 0.5) is 0 Å². The van der Waals surface area contributed by atoms with E-state index in [0.717, 1.165) is 24.8 Å². The van der Waals surface area contributed by atoms with Gasteiger partial charge in [0.15, 0.2) is 0 Å². The fourth-order valence-corrected chi connectivity index (χ4v) is 1.66. The van der Waals surface area contributed by atoms with Crippen molar-refractivity contribution >= 4 is 5.97 Å². The number of hydrogen-bond acceptors (Lipinski definition) is 4. The van der Waals surface area contributed by atoms with Crippen LogP contribution in [0.1, 0.15) is 26.2 Å². The molecule has 4 nitrogen and oxygen atoms in total. The number of aliphatic hydroxyl groups is 1. The molecule has 0 radical (unpaired) electrons. The lowest BCUT2D eigenvalue weighted by atomic mass is 9.93. The van der Waals surface area contributed by atoms with Crippen LogP contribution in [0.15, 0.2) is 22.8 Å². The first-order chi connectivity index (χ1) is 7.69. The van der Waals surface area contributed by atoms with Crippen molar-refractivity contribution in [3.05, 3.63) is 22.8 Å². The molecule has 0 amide bonds. The second kappa shape index (κ2) is 6.09. The number of carbonyl (C=O) groups is 1. The van der Waals surface area contributed by atoms with Gasteiger partial charge < -0.3 is 9.84 Å². The first-order valence-corrected chi connectivity index (χ1v) is 5.27. The summed E-state index contributed by atoms with van der Waals surface area (Å²) < 4.78 is 4.73. The van der Waals surface area contributed by atoms with Crippen LogP contribution in [0, 0.1) is 11.3 Å². The summed E-state index contributed by atoms with van der Waals surface area (Å²) in [4.78, 5) is 11.5. The summed E-state index contributed by atoms with van der Waals surface area (Å²) in [5.74, 6) is -0.641. The molecular weight excluding hydrogens is 206 g/mol. The SMILES string of the molecule is CC1=C/C(=C(/C#N)C(=O)OCCO)CCC1. The molecule has 86 valence electrons. The molecule has 0 heterocycles. The van der Waals surface area contributed by atoms with Crippen molar-refractivity contribution in [2.45, 2.75) is 26.2 Å². The van der Waals surface area contributed by atoms with Gasteiger partial charge in [0.2, 0.25) is 0 Å². The first-order valence-electron chi connectivity index (χ1n) is 5.27. The van der Waals surface area contributed by atoms with Gasteiger partial charge in [0.1, 0.15) is 18.2 Å². The van der Waals surface area contributed by atoms with Gasteiger partial charge in [-0.15, -0.1) is 0 Å². The van der Waals surface area contributed by atoms with Gasteiger partial charge >= 0.3 is 5.97 Å². The highest BCUT2D eigenvalue weighted by molar-refractivity contribution is 5.94. The van der Waals surface area contributed by atoms with Crippen molar-refractivity contribution < 1.29 is 14.6 Å². The zero-order chi connectivity index (χ0) is 12.0. The monoisotopic (exact) mass is 221 g/mol. The maximum absolute atomic E-state index is 11.5. The van der Waals surface area contributed by atoms with Crippen LogP contribution in [0.2, 0.25) is 0 Å². The molecule has 0 fully saturated rings. The lowest BCUT2D eigenvalue weighted by Crippen LogP contribution is -2.12. The Labute approximate surface area is 94.8 Å². The van der Waals surface area contributed by atoms with Crippen molar-refractivity contribution in [2.24, 2.45) is 0 Å². The molecule has 1 aliphatic carbocycles. The molecule has 0 aromatic carbocycles. The average molecular weight is 221 g/mol. The van der Waals surface area contributed by atoms with Gasteiger partial charge in [-0.1, -0.05) is 11.6 Å². The number of allylic oxidation sites excluding steroid dienone is 3. The van der Waals surface area contributed by atoms with E-state index in [1.54, 1.807) is 0 Å². The third-order valence-electron chi connectivity index (χ3n) is 2.40. The number of nitriles is 1. The normalized spacial score (nSPS) is 18.4. The summed E-state index contributed by atoms with van der Waals surface area (Å²) in [5.41, 5.74) is 1.98. The van der Waals surface area contributed by atoms with Crippen LogP contribution >= 0.6 is 0 Å². The Kier molecular flexibility index (Phi) is 4.74. The molecule has 0 bridgehead atoms. The molecule has 1 aliphatic rings. The minimum Gasteiger partial charge on any atom is -0.459 e.